The van der Waals surface area contributed by atoms with Gasteiger partial charge < -0.3 is 10.4 Å². The van der Waals surface area contributed by atoms with Crippen LogP contribution in [-0.4, -0.2) is 47.1 Å². The van der Waals surface area contributed by atoms with E-state index in [4.69, 9.17) is 16.6 Å². The molecule has 0 radical (unpaired) electrons. The number of nitrogens with zero attached hydrogens (tertiary/aromatic N) is 6. The summed E-state index contributed by atoms with van der Waals surface area (Å²) in [6.07, 6.45) is 5.44. The zero-order valence-corrected chi connectivity index (χ0v) is 15.6. The molecule has 8 nitrogen and oxygen atoms in total. The van der Waals surface area contributed by atoms with Crippen molar-refractivity contribution in [3.8, 4) is 22.5 Å². The van der Waals surface area contributed by atoms with Crippen LogP contribution in [0.3, 0.4) is 0 Å². The number of aromatic nitrogens is 6. The molecule has 27 heavy (non-hydrogen) atoms. The molecule has 4 rings (SSSR count). The number of anilines is 1. The molecule has 0 bridgehead atoms. The molecule has 0 fully saturated rings. The Morgan fingerprint density at radius 2 is 1.93 bits per heavy atom. The van der Waals surface area contributed by atoms with Crippen molar-refractivity contribution < 1.29 is 5.11 Å². The van der Waals surface area contributed by atoms with Gasteiger partial charge in [0, 0.05) is 35.4 Å². The third-order valence-electron chi connectivity index (χ3n) is 4.09. The first-order valence-electron chi connectivity index (χ1n) is 8.43. The Balaban J connectivity index is 1.89. The molecule has 0 aliphatic carbocycles. The summed E-state index contributed by atoms with van der Waals surface area (Å²) >= 11 is 6.00. The van der Waals surface area contributed by atoms with Gasteiger partial charge >= 0.3 is 0 Å². The Bertz CT molecular complexity index is 1090. The lowest BCUT2D eigenvalue weighted by Crippen LogP contribution is -2.20. The van der Waals surface area contributed by atoms with Gasteiger partial charge in [-0.2, -0.15) is 10.1 Å². The Labute approximate surface area is 160 Å². The molecule has 0 unspecified atom stereocenters. The Morgan fingerprint density at radius 3 is 2.59 bits per heavy atom. The predicted octanol–water partition coefficient (Wildman–Crippen LogP) is 2.64. The Hall–Kier alpha value is -2.97. The molecular formula is C18H18ClN7O. The maximum absolute atomic E-state index is 9.26. The van der Waals surface area contributed by atoms with Gasteiger partial charge in [0.05, 0.1) is 24.7 Å². The number of aryl methyl sites for hydroxylation is 1. The number of hydrogen-bond acceptors (Lipinski definition) is 6. The maximum atomic E-state index is 9.26. The quantitative estimate of drug-likeness (QED) is 0.550. The Kier molecular flexibility index (Phi) is 4.51. The van der Waals surface area contributed by atoms with E-state index in [9.17, 15) is 5.11 Å². The van der Waals surface area contributed by atoms with Crippen molar-refractivity contribution in [3.63, 3.8) is 0 Å². The Morgan fingerprint density at radius 1 is 1.15 bits per heavy atom. The van der Waals surface area contributed by atoms with E-state index in [1.807, 2.05) is 50.6 Å². The van der Waals surface area contributed by atoms with Crippen LogP contribution in [0.4, 0.5) is 5.95 Å². The summed E-state index contributed by atoms with van der Waals surface area (Å²) < 4.78 is 3.40. The van der Waals surface area contributed by atoms with Crippen LogP contribution in [0.5, 0.6) is 0 Å². The van der Waals surface area contributed by atoms with Crippen molar-refractivity contribution in [2.24, 2.45) is 7.05 Å². The van der Waals surface area contributed by atoms with Crippen LogP contribution in [-0.2, 0) is 7.05 Å². The summed E-state index contributed by atoms with van der Waals surface area (Å²) in [6.45, 7) is 1.84. The molecule has 1 atom stereocenters. The zero-order chi connectivity index (χ0) is 19.0. The van der Waals surface area contributed by atoms with Crippen molar-refractivity contribution in [3.05, 3.63) is 47.9 Å². The molecule has 3 heterocycles. The maximum Gasteiger partial charge on any atom is 0.243 e. The minimum absolute atomic E-state index is 0.0146. The van der Waals surface area contributed by atoms with E-state index in [0.29, 0.717) is 22.3 Å². The average molecular weight is 384 g/mol. The SMILES string of the molecule is C[C@@H](CO)Nc1nc2c(-c3cnn(C)c3)nc(-c3ccc(Cl)cc3)cn2n1. The fourth-order valence-corrected chi connectivity index (χ4v) is 2.84. The highest BCUT2D eigenvalue weighted by molar-refractivity contribution is 6.30. The number of rotatable bonds is 5. The third kappa shape index (κ3) is 3.49. The first kappa shape index (κ1) is 17.4. The summed E-state index contributed by atoms with van der Waals surface area (Å²) in [4.78, 5) is 9.34. The van der Waals surface area contributed by atoms with E-state index in [2.05, 4.69) is 20.5 Å². The minimum Gasteiger partial charge on any atom is -0.394 e. The first-order valence-corrected chi connectivity index (χ1v) is 8.81. The van der Waals surface area contributed by atoms with E-state index in [1.165, 1.54) is 0 Å². The van der Waals surface area contributed by atoms with Crippen LogP contribution in [0, 0.1) is 0 Å². The number of halogens is 1. The van der Waals surface area contributed by atoms with E-state index in [0.717, 1.165) is 16.8 Å². The average Bonchev–Trinajstić information content (AvgIpc) is 3.27. The first-order chi connectivity index (χ1) is 13.0. The highest BCUT2D eigenvalue weighted by Gasteiger charge is 2.16. The molecule has 0 aliphatic heterocycles. The normalized spacial score (nSPS) is 12.4. The topological polar surface area (TPSA) is 93.2 Å². The molecule has 2 N–H and O–H groups in total. The molecule has 0 spiro atoms. The highest BCUT2D eigenvalue weighted by atomic mass is 35.5. The van der Waals surface area contributed by atoms with Crippen molar-refractivity contribution >= 4 is 23.2 Å². The van der Waals surface area contributed by atoms with E-state index in [-0.39, 0.29) is 12.6 Å². The fraction of sp³-hybridized carbons (Fsp3) is 0.222. The van der Waals surface area contributed by atoms with Gasteiger partial charge in [-0.1, -0.05) is 23.7 Å². The third-order valence-corrected chi connectivity index (χ3v) is 4.34. The molecule has 3 aromatic heterocycles. The number of nitrogens with one attached hydrogen (secondary N) is 1. The second kappa shape index (κ2) is 6.98. The van der Waals surface area contributed by atoms with E-state index < -0.39 is 0 Å². The minimum atomic E-state index is -0.159. The molecule has 0 saturated carbocycles. The summed E-state index contributed by atoms with van der Waals surface area (Å²) in [5.41, 5.74) is 3.78. The van der Waals surface area contributed by atoms with Gasteiger partial charge in [0.2, 0.25) is 5.95 Å². The van der Waals surface area contributed by atoms with Crippen LogP contribution in [0.25, 0.3) is 28.2 Å². The molecule has 0 amide bonds. The van der Waals surface area contributed by atoms with Gasteiger partial charge in [0.15, 0.2) is 5.65 Å². The second-order valence-corrected chi connectivity index (χ2v) is 6.75. The van der Waals surface area contributed by atoms with Gasteiger partial charge in [-0.05, 0) is 19.1 Å². The molecule has 4 aromatic rings. The standard InChI is InChI=1S/C18H18ClN7O/c1-11(10-27)21-18-23-17-16(13-7-20-25(2)8-13)22-15(9-26(17)24-18)12-3-5-14(19)6-4-12/h3-9,11,27H,10H2,1-2H3,(H,21,24)/t11-/m0/s1. The molecule has 138 valence electrons. The van der Waals surface area contributed by atoms with Crippen molar-refractivity contribution in [1.82, 2.24) is 29.4 Å². The van der Waals surface area contributed by atoms with Gasteiger partial charge in [0.25, 0.3) is 0 Å². The van der Waals surface area contributed by atoms with E-state index in [1.54, 1.807) is 15.4 Å². The number of benzene rings is 1. The van der Waals surface area contributed by atoms with Gasteiger partial charge in [-0.15, -0.1) is 5.10 Å². The lowest BCUT2D eigenvalue weighted by Gasteiger charge is -2.06. The number of hydrogen-bond donors (Lipinski definition) is 2. The fourth-order valence-electron chi connectivity index (χ4n) is 2.71. The van der Waals surface area contributed by atoms with Crippen LogP contribution in [0.2, 0.25) is 5.02 Å². The zero-order valence-electron chi connectivity index (χ0n) is 14.8. The van der Waals surface area contributed by atoms with Gasteiger partial charge in [0.1, 0.15) is 5.69 Å². The molecule has 9 heteroatoms. The smallest absolute Gasteiger partial charge is 0.243 e. The molecule has 0 aliphatic rings. The molecule has 1 aromatic carbocycles. The molecular weight excluding hydrogens is 366 g/mol. The van der Waals surface area contributed by atoms with Crippen LogP contribution in [0.1, 0.15) is 6.92 Å². The monoisotopic (exact) mass is 383 g/mol. The van der Waals surface area contributed by atoms with Gasteiger partial charge in [-0.25, -0.2) is 9.50 Å². The number of aliphatic hydroxyl groups excluding tert-OH is 1. The van der Waals surface area contributed by atoms with Gasteiger partial charge in [-0.3, -0.25) is 4.68 Å². The second-order valence-electron chi connectivity index (χ2n) is 6.32. The summed E-state index contributed by atoms with van der Waals surface area (Å²) in [6, 6.07) is 7.31. The largest absolute Gasteiger partial charge is 0.394 e. The lowest BCUT2D eigenvalue weighted by atomic mass is 10.1. The summed E-state index contributed by atoms with van der Waals surface area (Å²) in [7, 11) is 1.85. The van der Waals surface area contributed by atoms with Crippen molar-refractivity contribution in [2.75, 3.05) is 11.9 Å². The summed E-state index contributed by atoms with van der Waals surface area (Å²) in [5, 5.41) is 21.7. The predicted molar refractivity (Wildman–Crippen MR) is 104 cm³/mol. The molecule has 0 saturated heterocycles. The highest BCUT2D eigenvalue weighted by Crippen LogP contribution is 2.27. The lowest BCUT2D eigenvalue weighted by molar-refractivity contribution is 0.281. The van der Waals surface area contributed by atoms with Crippen LogP contribution < -0.4 is 5.32 Å². The van der Waals surface area contributed by atoms with Crippen LogP contribution in [0.15, 0.2) is 42.9 Å². The summed E-state index contributed by atoms with van der Waals surface area (Å²) in [5.74, 6) is 0.428. The van der Waals surface area contributed by atoms with Crippen LogP contribution >= 0.6 is 11.6 Å². The number of aliphatic hydroxyl groups is 1. The van der Waals surface area contributed by atoms with Crippen molar-refractivity contribution in [2.45, 2.75) is 13.0 Å². The van der Waals surface area contributed by atoms with E-state index >= 15 is 0 Å². The van der Waals surface area contributed by atoms with Crippen molar-refractivity contribution in [1.29, 1.82) is 0 Å². The number of fused-ring (bicyclic) bond motifs is 1.